The number of benzene rings is 2. The second-order valence-corrected chi connectivity index (χ2v) is 7.37. The highest BCUT2D eigenvalue weighted by atomic mass is 19.4. The maximum Gasteiger partial charge on any atom is 0.419 e. The van der Waals surface area contributed by atoms with Gasteiger partial charge in [-0.1, -0.05) is 18.2 Å². The first-order valence-electron chi connectivity index (χ1n) is 10.2. The van der Waals surface area contributed by atoms with E-state index < -0.39 is 17.6 Å². The van der Waals surface area contributed by atoms with Crippen LogP contribution in [0, 0.1) is 5.82 Å². The standard InChI is InChI=1S/C24H24F4N2O2/c1-3-10-29-18(4-2)13-23(31)30-11-9-16-5-6-19(12-17(16)15-30)32-20-7-8-21(22(25)14-20)24(26,27)28/h3-8,10,12,14,29H,9,11,13,15H2,1-2H3/b10-3-,18-4-. The van der Waals surface area contributed by atoms with Crippen molar-refractivity contribution in [3.63, 3.8) is 0 Å². The van der Waals surface area contributed by atoms with Crippen molar-refractivity contribution in [3.8, 4) is 11.5 Å². The molecule has 0 bridgehead atoms. The largest absolute Gasteiger partial charge is 0.457 e. The van der Waals surface area contributed by atoms with E-state index in [1.165, 1.54) is 0 Å². The molecule has 3 rings (SSSR count). The normalized spacial score (nSPS) is 14.4. The Labute approximate surface area is 184 Å². The number of halogens is 4. The second kappa shape index (κ2) is 9.89. The quantitative estimate of drug-likeness (QED) is 0.556. The highest BCUT2D eigenvalue weighted by Gasteiger charge is 2.34. The first-order chi connectivity index (χ1) is 15.2. The molecular weight excluding hydrogens is 424 g/mol. The first-order valence-corrected chi connectivity index (χ1v) is 10.2. The average molecular weight is 448 g/mol. The van der Waals surface area contributed by atoms with Crippen LogP contribution in [0.3, 0.4) is 0 Å². The highest BCUT2D eigenvalue weighted by Crippen LogP contribution is 2.34. The fraction of sp³-hybridized carbons (Fsp3) is 0.292. The molecule has 0 fully saturated rings. The van der Waals surface area contributed by atoms with E-state index in [2.05, 4.69) is 5.32 Å². The molecule has 1 aliphatic rings. The van der Waals surface area contributed by atoms with Gasteiger partial charge in [0.15, 0.2) is 0 Å². The molecule has 0 aliphatic carbocycles. The number of amides is 1. The van der Waals surface area contributed by atoms with Crippen LogP contribution in [0.15, 0.2) is 60.4 Å². The van der Waals surface area contributed by atoms with Gasteiger partial charge in [0.05, 0.1) is 12.0 Å². The number of nitrogens with zero attached hydrogens (tertiary/aromatic N) is 1. The zero-order chi connectivity index (χ0) is 23.3. The summed E-state index contributed by atoms with van der Waals surface area (Å²) in [6.07, 6.45) is 1.63. The fourth-order valence-corrected chi connectivity index (χ4v) is 3.44. The molecular formula is C24H24F4N2O2. The van der Waals surface area contributed by atoms with Gasteiger partial charge in [0.1, 0.15) is 17.3 Å². The van der Waals surface area contributed by atoms with Gasteiger partial charge >= 0.3 is 6.18 Å². The molecule has 1 heterocycles. The Bertz CT molecular complexity index is 1040. The fourth-order valence-electron chi connectivity index (χ4n) is 3.44. The van der Waals surface area contributed by atoms with E-state index in [-0.39, 0.29) is 18.1 Å². The molecule has 0 atom stereocenters. The summed E-state index contributed by atoms with van der Waals surface area (Å²) in [5.41, 5.74) is 1.42. The Hall–Kier alpha value is -3.29. The molecule has 0 radical (unpaired) electrons. The van der Waals surface area contributed by atoms with Crippen molar-refractivity contribution in [1.29, 1.82) is 0 Å². The van der Waals surface area contributed by atoms with Gasteiger partial charge < -0.3 is 15.0 Å². The summed E-state index contributed by atoms with van der Waals surface area (Å²) >= 11 is 0. The van der Waals surface area contributed by atoms with Gasteiger partial charge in [-0.25, -0.2) is 4.39 Å². The van der Waals surface area contributed by atoms with Crippen LogP contribution in [0.25, 0.3) is 0 Å². The molecule has 170 valence electrons. The summed E-state index contributed by atoms with van der Waals surface area (Å²) in [4.78, 5) is 14.5. The van der Waals surface area contributed by atoms with Gasteiger partial charge in [0.25, 0.3) is 0 Å². The first kappa shape index (κ1) is 23.4. The molecule has 1 aliphatic heterocycles. The minimum absolute atomic E-state index is 0.0168. The second-order valence-electron chi connectivity index (χ2n) is 7.37. The number of rotatable bonds is 6. The monoisotopic (exact) mass is 448 g/mol. The van der Waals surface area contributed by atoms with E-state index in [9.17, 15) is 22.4 Å². The Morgan fingerprint density at radius 2 is 1.84 bits per heavy atom. The third-order valence-corrected chi connectivity index (χ3v) is 5.15. The van der Waals surface area contributed by atoms with Crippen molar-refractivity contribution in [1.82, 2.24) is 10.2 Å². The van der Waals surface area contributed by atoms with Gasteiger partial charge in [-0.15, -0.1) is 0 Å². The summed E-state index contributed by atoms with van der Waals surface area (Å²) in [5.74, 6) is -1.08. The number of ether oxygens (including phenoxy) is 1. The molecule has 2 aromatic rings. The Morgan fingerprint density at radius 3 is 2.50 bits per heavy atom. The number of carbonyl (C=O) groups is 1. The maximum atomic E-state index is 13.8. The molecule has 0 unspecified atom stereocenters. The molecule has 32 heavy (non-hydrogen) atoms. The summed E-state index contributed by atoms with van der Waals surface area (Å²) < 4.78 is 57.6. The molecule has 4 nitrogen and oxygen atoms in total. The molecule has 0 saturated carbocycles. The van der Waals surface area contributed by atoms with Crippen molar-refractivity contribution in [2.45, 2.75) is 39.4 Å². The summed E-state index contributed by atoms with van der Waals surface area (Å²) in [5, 5.41) is 3.07. The van der Waals surface area contributed by atoms with Crippen molar-refractivity contribution < 1.29 is 27.1 Å². The van der Waals surface area contributed by atoms with Gasteiger partial charge in [-0.3, -0.25) is 4.79 Å². The third-order valence-electron chi connectivity index (χ3n) is 5.15. The molecule has 2 aromatic carbocycles. The predicted octanol–water partition coefficient (Wildman–Crippen LogP) is 5.94. The minimum atomic E-state index is -4.76. The molecule has 0 saturated heterocycles. The smallest absolute Gasteiger partial charge is 0.419 e. The molecule has 1 amide bonds. The summed E-state index contributed by atoms with van der Waals surface area (Å²) in [6, 6.07) is 7.73. The number of nitrogens with one attached hydrogen (secondary N) is 1. The van der Waals surface area contributed by atoms with Crippen LogP contribution in [0.1, 0.15) is 37.0 Å². The van der Waals surface area contributed by atoms with Gasteiger partial charge in [-0.05, 0) is 61.9 Å². The lowest BCUT2D eigenvalue weighted by Gasteiger charge is -2.29. The number of alkyl halides is 3. The van der Waals surface area contributed by atoms with Crippen LogP contribution in [-0.4, -0.2) is 17.4 Å². The van der Waals surface area contributed by atoms with Crippen LogP contribution in [0.2, 0.25) is 0 Å². The topological polar surface area (TPSA) is 41.6 Å². The Kier molecular flexibility index (Phi) is 7.22. The number of hydrogen-bond acceptors (Lipinski definition) is 3. The van der Waals surface area contributed by atoms with E-state index in [4.69, 9.17) is 4.74 Å². The molecule has 8 heteroatoms. The lowest BCUT2D eigenvalue weighted by molar-refractivity contribution is -0.140. The SMILES string of the molecule is C/C=C\N/C(=C\C)CC(=O)N1CCc2ccc(Oc3ccc(C(F)(F)F)c(F)c3)cc2C1. The highest BCUT2D eigenvalue weighted by molar-refractivity contribution is 5.79. The summed E-state index contributed by atoms with van der Waals surface area (Å²) in [7, 11) is 0. The lowest BCUT2D eigenvalue weighted by Crippen LogP contribution is -2.36. The van der Waals surface area contributed by atoms with Crippen molar-refractivity contribution in [2.24, 2.45) is 0 Å². The van der Waals surface area contributed by atoms with Crippen LogP contribution in [-0.2, 0) is 23.9 Å². The molecule has 0 spiro atoms. The van der Waals surface area contributed by atoms with E-state index in [0.29, 0.717) is 37.4 Å². The van der Waals surface area contributed by atoms with Crippen LogP contribution in [0.5, 0.6) is 11.5 Å². The third kappa shape index (κ3) is 5.69. The van der Waals surface area contributed by atoms with E-state index in [1.54, 1.807) is 23.2 Å². The zero-order valence-corrected chi connectivity index (χ0v) is 17.8. The van der Waals surface area contributed by atoms with Crippen LogP contribution in [0.4, 0.5) is 17.6 Å². The lowest BCUT2D eigenvalue weighted by atomic mass is 9.99. The van der Waals surface area contributed by atoms with E-state index in [0.717, 1.165) is 22.9 Å². The average Bonchev–Trinajstić information content (AvgIpc) is 2.75. The van der Waals surface area contributed by atoms with E-state index >= 15 is 0 Å². The molecule has 0 aromatic heterocycles. The maximum absolute atomic E-state index is 13.8. The Morgan fingerprint density at radius 1 is 1.12 bits per heavy atom. The predicted molar refractivity (Wildman–Crippen MR) is 113 cm³/mol. The van der Waals surface area contributed by atoms with Gasteiger partial charge in [0, 0.05) is 24.9 Å². The Balaban J connectivity index is 1.71. The minimum Gasteiger partial charge on any atom is -0.457 e. The molecule has 1 N–H and O–H groups in total. The van der Waals surface area contributed by atoms with Gasteiger partial charge in [-0.2, -0.15) is 13.2 Å². The van der Waals surface area contributed by atoms with E-state index in [1.807, 2.05) is 32.1 Å². The zero-order valence-electron chi connectivity index (χ0n) is 17.8. The van der Waals surface area contributed by atoms with Crippen molar-refractivity contribution in [2.75, 3.05) is 6.54 Å². The van der Waals surface area contributed by atoms with Crippen LogP contribution < -0.4 is 10.1 Å². The number of carbonyl (C=O) groups excluding carboxylic acids is 1. The van der Waals surface area contributed by atoms with Gasteiger partial charge in [0.2, 0.25) is 5.91 Å². The van der Waals surface area contributed by atoms with Crippen LogP contribution >= 0.6 is 0 Å². The number of fused-ring (bicyclic) bond motifs is 1. The summed E-state index contributed by atoms with van der Waals surface area (Å²) in [6.45, 7) is 4.73. The van der Waals surface area contributed by atoms with Crippen molar-refractivity contribution in [3.05, 3.63) is 83.0 Å². The number of allylic oxidation sites excluding steroid dienone is 2. The van der Waals surface area contributed by atoms with Crippen molar-refractivity contribution >= 4 is 5.91 Å². The number of hydrogen-bond donors (Lipinski definition) is 1.